The second-order valence-electron chi connectivity index (χ2n) is 6.90. The van der Waals surface area contributed by atoms with Gasteiger partial charge in [-0.05, 0) is 44.4 Å². The number of likely N-dealkylation sites (tertiary alicyclic amines) is 1. The monoisotopic (exact) mass is 338 g/mol. The van der Waals surface area contributed by atoms with Crippen LogP contribution in [0.15, 0.2) is 42.5 Å². The van der Waals surface area contributed by atoms with Crippen LogP contribution >= 0.6 is 0 Å². The van der Waals surface area contributed by atoms with Crippen LogP contribution in [0.25, 0.3) is 0 Å². The Bertz CT molecular complexity index is 710. The van der Waals surface area contributed by atoms with E-state index in [2.05, 4.69) is 29.2 Å². The molecule has 25 heavy (non-hydrogen) atoms. The third-order valence-electron chi connectivity index (χ3n) is 4.92. The van der Waals surface area contributed by atoms with Crippen LogP contribution in [0, 0.1) is 19.8 Å². The number of rotatable bonds is 4. The average Bonchev–Trinajstić information content (AvgIpc) is 2.61. The second-order valence-corrected chi connectivity index (χ2v) is 6.90. The Morgan fingerprint density at radius 1 is 1.20 bits per heavy atom. The van der Waals surface area contributed by atoms with E-state index in [1.54, 1.807) is 7.11 Å². The van der Waals surface area contributed by atoms with Crippen molar-refractivity contribution in [3.05, 3.63) is 65.0 Å². The number of carbonyl (C=O) groups excluding carboxylic acids is 1. The molecular formula is C21H26N2O2. The Kier molecular flexibility index (Phi) is 5.49. The van der Waals surface area contributed by atoms with Gasteiger partial charge in [-0.15, -0.1) is 0 Å². The normalized spacial score (nSPS) is 20.5. The van der Waals surface area contributed by atoms with Crippen molar-refractivity contribution in [2.45, 2.75) is 32.8 Å². The third-order valence-corrected chi connectivity index (χ3v) is 4.92. The van der Waals surface area contributed by atoms with E-state index in [1.165, 1.54) is 5.56 Å². The van der Waals surface area contributed by atoms with Crippen LogP contribution < -0.4 is 0 Å². The minimum Gasteiger partial charge on any atom is -0.381 e. The number of amides is 1. The predicted octanol–water partition coefficient (Wildman–Crippen LogP) is 3.42. The lowest BCUT2D eigenvalue weighted by molar-refractivity contribution is -0.00300. The van der Waals surface area contributed by atoms with Crippen LogP contribution in [-0.2, 0) is 11.2 Å². The summed E-state index contributed by atoms with van der Waals surface area (Å²) in [4.78, 5) is 19.3. The van der Waals surface area contributed by atoms with E-state index >= 15 is 0 Å². The van der Waals surface area contributed by atoms with Crippen molar-refractivity contribution in [2.24, 2.45) is 5.92 Å². The maximum atomic E-state index is 13.0. The maximum absolute atomic E-state index is 13.0. The Hall–Kier alpha value is -2.20. The van der Waals surface area contributed by atoms with Gasteiger partial charge in [-0.25, -0.2) is 0 Å². The molecular weight excluding hydrogens is 312 g/mol. The molecule has 0 spiro atoms. The number of methoxy groups -OCH3 is 1. The summed E-state index contributed by atoms with van der Waals surface area (Å²) in [6, 6.07) is 14.2. The molecule has 1 aliphatic heterocycles. The summed E-state index contributed by atoms with van der Waals surface area (Å²) in [6.07, 6.45) is 2.01. The lowest BCUT2D eigenvalue weighted by Crippen LogP contribution is -2.47. The maximum Gasteiger partial charge on any atom is 0.253 e. The molecule has 1 amide bonds. The molecule has 0 saturated carbocycles. The van der Waals surface area contributed by atoms with Crippen molar-refractivity contribution in [3.8, 4) is 0 Å². The van der Waals surface area contributed by atoms with Crippen LogP contribution in [-0.4, -0.2) is 42.1 Å². The number of hydrogen-bond acceptors (Lipinski definition) is 3. The molecule has 1 fully saturated rings. The number of aryl methyl sites for hydroxylation is 2. The molecule has 0 radical (unpaired) electrons. The van der Waals surface area contributed by atoms with Gasteiger partial charge >= 0.3 is 0 Å². The van der Waals surface area contributed by atoms with E-state index in [9.17, 15) is 4.79 Å². The third kappa shape index (κ3) is 4.26. The van der Waals surface area contributed by atoms with Gasteiger partial charge in [-0.3, -0.25) is 9.78 Å². The van der Waals surface area contributed by atoms with E-state index in [0.29, 0.717) is 5.92 Å². The molecule has 132 valence electrons. The molecule has 2 heterocycles. The van der Waals surface area contributed by atoms with Crippen molar-refractivity contribution >= 4 is 5.91 Å². The Balaban J connectivity index is 1.75. The molecule has 0 N–H and O–H groups in total. The van der Waals surface area contributed by atoms with E-state index in [4.69, 9.17) is 4.74 Å². The molecule has 0 bridgehead atoms. The van der Waals surface area contributed by atoms with Gasteiger partial charge in [-0.1, -0.05) is 30.3 Å². The first kappa shape index (κ1) is 17.6. The molecule has 4 nitrogen and oxygen atoms in total. The molecule has 1 aromatic carbocycles. The summed E-state index contributed by atoms with van der Waals surface area (Å²) in [5, 5.41) is 0. The van der Waals surface area contributed by atoms with Crippen molar-refractivity contribution in [1.29, 1.82) is 0 Å². The highest BCUT2D eigenvalue weighted by atomic mass is 16.5. The van der Waals surface area contributed by atoms with Crippen molar-refractivity contribution < 1.29 is 9.53 Å². The highest BCUT2D eigenvalue weighted by Crippen LogP contribution is 2.25. The highest BCUT2D eigenvalue weighted by molar-refractivity contribution is 5.94. The molecule has 1 aliphatic rings. The fraction of sp³-hybridized carbons (Fsp3) is 0.429. The quantitative estimate of drug-likeness (QED) is 0.858. The minimum atomic E-state index is 0.0983. The second kappa shape index (κ2) is 7.79. The van der Waals surface area contributed by atoms with Crippen LogP contribution in [0.2, 0.25) is 0 Å². The topological polar surface area (TPSA) is 42.4 Å². The summed E-state index contributed by atoms with van der Waals surface area (Å²) < 4.78 is 5.70. The standard InChI is InChI=1S/C21H26N2O2/c1-15-11-18(12-16(2)22-15)21(24)23-10-9-20(25-3)19(14-23)13-17-7-5-4-6-8-17/h4-8,11-12,19-20H,9-10,13-14H2,1-3H3/t19-,20+/m0/s1. The van der Waals surface area contributed by atoms with Crippen molar-refractivity contribution in [2.75, 3.05) is 20.2 Å². The molecule has 0 aliphatic carbocycles. The van der Waals surface area contributed by atoms with E-state index in [0.717, 1.165) is 42.9 Å². The minimum absolute atomic E-state index is 0.0983. The van der Waals surface area contributed by atoms with Crippen molar-refractivity contribution in [1.82, 2.24) is 9.88 Å². The summed E-state index contributed by atoms with van der Waals surface area (Å²) in [6.45, 7) is 5.33. The first-order chi connectivity index (χ1) is 12.1. The number of ether oxygens (including phenoxy) is 1. The van der Waals surface area contributed by atoms with Gasteiger partial charge in [-0.2, -0.15) is 0 Å². The summed E-state index contributed by atoms with van der Waals surface area (Å²) in [5.74, 6) is 0.412. The summed E-state index contributed by atoms with van der Waals surface area (Å²) >= 11 is 0. The number of benzene rings is 1. The lowest BCUT2D eigenvalue weighted by atomic mass is 9.88. The number of hydrogen-bond donors (Lipinski definition) is 0. The Labute approximate surface area is 149 Å². The first-order valence-corrected chi connectivity index (χ1v) is 8.88. The average molecular weight is 338 g/mol. The van der Waals surface area contributed by atoms with Gasteiger partial charge in [0.2, 0.25) is 0 Å². The fourth-order valence-corrected chi connectivity index (χ4v) is 3.76. The molecule has 1 saturated heterocycles. The van der Waals surface area contributed by atoms with Gasteiger partial charge in [0.25, 0.3) is 5.91 Å². The zero-order valence-corrected chi connectivity index (χ0v) is 15.2. The van der Waals surface area contributed by atoms with Crippen LogP contribution in [0.4, 0.5) is 0 Å². The SMILES string of the molecule is CO[C@@H]1CCN(C(=O)c2cc(C)nc(C)c2)C[C@@H]1Cc1ccccc1. The van der Waals surface area contributed by atoms with E-state index < -0.39 is 0 Å². The molecule has 3 rings (SSSR count). The van der Waals surface area contributed by atoms with Crippen molar-refractivity contribution in [3.63, 3.8) is 0 Å². The zero-order chi connectivity index (χ0) is 17.8. The molecule has 2 atom stereocenters. The molecule has 2 aromatic rings. The predicted molar refractivity (Wildman–Crippen MR) is 98.7 cm³/mol. The zero-order valence-electron chi connectivity index (χ0n) is 15.2. The first-order valence-electron chi connectivity index (χ1n) is 8.88. The van der Waals surface area contributed by atoms with Gasteiger partial charge < -0.3 is 9.64 Å². The van der Waals surface area contributed by atoms with Gasteiger partial charge in [0.15, 0.2) is 0 Å². The van der Waals surface area contributed by atoms with E-state index in [-0.39, 0.29) is 12.0 Å². The van der Waals surface area contributed by atoms with Crippen LogP contribution in [0.3, 0.4) is 0 Å². The number of aromatic nitrogens is 1. The largest absolute Gasteiger partial charge is 0.381 e. The Morgan fingerprint density at radius 3 is 2.52 bits per heavy atom. The van der Waals surface area contributed by atoms with Crippen LogP contribution in [0.5, 0.6) is 0 Å². The number of carbonyl (C=O) groups is 1. The van der Waals surface area contributed by atoms with Crippen LogP contribution in [0.1, 0.15) is 33.7 Å². The molecule has 4 heteroatoms. The number of pyridine rings is 1. The Morgan fingerprint density at radius 2 is 1.88 bits per heavy atom. The van der Waals surface area contributed by atoms with Gasteiger partial charge in [0.05, 0.1) is 6.10 Å². The van der Waals surface area contributed by atoms with E-state index in [1.807, 2.05) is 36.9 Å². The smallest absolute Gasteiger partial charge is 0.253 e. The van der Waals surface area contributed by atoms with Gasteiger partial charge in [0.1, 0.15) is 0 Å². The lowest BCUT2D eigenvalue weighted by Gasteiger charge is -2.38. The number of nitrogens with zero attached hydrogens (tertiary/aromatic N) is 2. The molecule has 0 unspecified atom stereocenters. The molecule has 1 aromatic heterocycles. The van der Waals surface area contributed by atoms with Gasteiger partial charge in [0, 0.05) is 43.1 Å². The summed E-state index contributed by atoms with van der Waals surface area (Å²) in [7, 11) is 1.77. The highest BCUT2D eigenvalue weighted by Gasteiger charge is 2.32. The number of piperidine rings is 1. The fourth-order valence-electron chi connectivity index (χ4n) is 3.76. The summed E-state index contributed by atoms with van der Waals surface area (Å²) in [5.41, 5.74) is 3.80.